The molecule has 1 fully saturated rings. The van der Waals surface area contributed by atoms with Crippen molar-refractivity contribution >= 4 is 11.6 Å². The summed E-state index contributed by atoms with van der Waals surface area (Å²) in [5, 5.41) is 0.747. The highest BCUT2D eigenvalue weighted by Gasteiger charge is 2.22. The molecule has 1 saturated heterocycles. The van der Waals surface area contributed by atoms with Crippen molar-refractivity contribution in [2.75, 3.05) is 13.1 Å². The highest BCUT2D eigenvalue weighted by Crippen LogP contribution is 2.22. The molecule has 1 atom stereocenters. The zero-order valence-corrected chi connectivity index (χ0v) is 8.59. The first-order valence-corrected chi connectivity index (χ1v) is 5.12. The lowest BCUT2D eigenvalue weighted by Gasteiger charge is -2.17. The van der Waals surface area contributed by atoms with Crippen molar-refractivity contribution in [3.05, 3.63) is 34.9 Å². The van der Waals surface area contributed by atoms with E-state index >= 15 is 0 Å². The lowest BCUT2D eigenvalue weighted by atomic mass is 9.95. The smallest absolute Gasteiger partial charge is 0.0409 e. The maximum Gasteiger partial charge on any atom is 0.0409 e. The van der Waals surface area contributed by atoms with E-state index in [1.165, 1.54) is 0 Å². The summed E-state index contributed by atoms with van der Waals surface area (Å²) in [7, 11) is 0. The molecule has 1 aromatic rings. The molecule has 1 aliphatic rings. The van der Waals surface area contributed by atoms with Gasteiger partial charge >= 0.3 is 0 Å². The third-order valence-electron chi connectivity index (χ3n) is 2.59. The summed E-state index contributed by atoms with van der Waals surface area (Å²) in [5.74, 6) is 0.438. The number of nitrogens with one attached hydrogen (secondary N) is 2. The highest BCUT2D eigenvalue weighted by atomic mass is 35.5. The van der Waals surface area contributed by atoms with Crippen molar-refractivity contribution in [3.63, 3.8) is 0 Å². The number of hydrazine groups is 1. The first-order valence-electron chi connectivity index (χ1n) is 4.74. The molecule has 76 valence electrons. The SMILES string of the molecule is NC(c1cccc(Cl)c1)C1CNNC1. The molecule has 14 heavy (non-hydrogen) atoms. The minimum absolute atomic E-state index is 0.0520. The first kappa shape index (κ1) is 9.93. The largest absolute Gasteiger partial charge is 0.324 e. The number of nitrogens with two attached hydrogens (primary N) is 1. The molecule has 1 aliphatic heterocycles. The summed E-state index contributed by atoms with van der Waals surface area (Å²) in [6.45, 7) is 1.82. The predicted molar refractivity (Wildman–Crippen MR) is 57.9 cm³/mol. The summed E-state index contributed by atoms with van der Waals surface area (Å²) in [4.78, 5) is 0. The van der Waals surface area contributed by atoms with Crippen molar-refractivity contribution in [2.45, 2.75) is 6.04 Å². The molecule has 0 bridgehead atoms. The van der Waals surface area contributed by atoms with E-state index in [0.29, 0.717) is 5.92 Å². The molecule has 4 N–H and O–H groups in total. The molecule has 1 unspecified atom stereocenters. The number of benzene rings is 1. The van der Waals surface area contributed by atoms with Crippen molar-refractivity contribution in [3.8, 4) is 0 Å². The van der Waals surface area contributed by atoms with Gasteiger partial charge in [-0.15, -0.1) is 0 Å². The van der Waals surface area contributed by atoms with Crippen molar-refractivity contribution in [1.29, 1.82) is 0 Å². The second kappa shape index (κ2) is 4.28. The molecule has 0 aromatic heterocycles. The van der Waals surface area contributed by atoms with Crippen LogP contribution in [0.2, 0.25) is 5.02 Å². The minimum Gasteiger partial charge on any atom is -0.324 e. The van der Waals surface area contributed by atoms with Gasteiger partial charge in [0, 0.05) is 30.1 Å². The molecule has 0 spiro atoms. The van der Waals surface area contributed by atoms with E-state index < -0.39 is 0 Å². The van der Waals surface area contributed by atoms with E-state index in [1.54, 1.807) is 0 Å². The van der Waals surface area contributed by atoms with Crippen molar-refractivity contribution in [1.82, 2.24) is 10.9 Å². The van der Waals surface area contributed by atoms with Gasteiger partial charge in [-0.3, -0.25) is 10.9 Å². The zero-order valence-electron chi connectivity index (χ0n) is 7.83. The van der Waals surface area contributed by atoms with Gasteiger partial charge in [0.1, 0.15) is 0 Å². The first-order chi connectivity index (χ1) is 6.77. The molecule has 1 aromatic carbocycles. The van der Waals surface area contributed by atoms with Gasteiger partial charge in [-0.1, -0.05) is 23.7 Å². The summed E-state index contributed by atoms with van der Waals surface area (Å²) >= 11 is 5.91. The van der Waals surface area contributed by atoms with Gasteiger partial charge in [-0.2, -0.15) is 0 Å². The second-order valence-corrected chi connectivity index (χ2v) is 4.04. The Kier molecular flexibility index (Phi) is 3.03. The molecule has 4 heteroatoms. The number of halogens is 1. The Labute approximate surface area is 88.6 Å². The fourth-order valence-electron chi connectivity index (χ4n) is 1.72. The maximum atomic E-state index is 6.13. The topological polar surface area (TPSA) is 50.1 Å². The normalized spacial score (nSPS) is 19.9. The van der Waals surface area contributed by atoms with Gasteiger partial charge in [-0.25, -0.2) is 0 Å². The van der Waals surface area contributed by atoms with Crippen LogP contribution in [0.5, 0.6) is 0 Å². The predicted octanol–water partition coefficient (Wildman–Crippen LogP) is 1.06. The van der Waals surface area contributed by atoms with Gasteiger partial charge in [-0.05, 0) is 17.7 Å². The maximum absolute atomic E-state index is 6.13. The van der Waals surface area contributed by atoms with Crippen LogP contribution in [0.3, 0.4) is 0 Å². The van der Waals surface area contributed by atoms with Gasteiger partial charge < -0.3 is 5.73 Å². The summed E-state index contributed by atoms with van der Waals surface area (Å²) in [6.07, 6.45) is 0. The van der Waals surface area contributed by atoms with Crippen molar-refractivity contribution in [2.24, 2.45) is 11.7 Å². The lowest BCUT2D eigenvalue weighted by Crippen LogP contribution is -2.24. The van der Waals surface area contributed by atoms with Gasteiger partial charge in [0.25, 0.3) is 0 Å². The third kappa shape index (κ3) is 2.07. The van der Waals surface area contributed by atoms with Gasteiger partial charge in [0.05, 0.1) is 0 Å². The van der Waals surface area contributed by atoms with Gasteiger partial charge in [0.2, 0.25) is 0 Å². The fourth-order valence-corrected chi connectivity index (χ4v) is 1.92. The fraction of sp³-hybridized carbons (Fsp3) is 0.400. The van der Waals surface area contributed by atoms with E-state index in [9.17, 15) is 0 Å². The van der Waals surface area contributed by atoms with Crippen LogP contribution in [-0.2, 0) is 0 Å². The van der Waals surface area contributed by atoms with E-state index in [4.69, 9.17) is 17.3 Å². The number of hydrogen-bond acceptors (Lipinski definition) is 3. The van der Waals surface area contributed by atoms with Crippen LogP contribution >= 0.6 is 11.6 Å². The van der Waals surface area contributed by atoms with Crippen LogP contribution in [0.25, 0.3) is 0 Å². The minimum atomic E-state index is 0.0520. The molecule has 1 heterocycles. The molecule has 0 saturated carbocycles. The standard InChI is InChI=1S/C10H14ClN3/c11-9-3-1-2-7(4-9)10(12)8-5-13-14-6-8/h1-4,8,10,13-14H,5-6,12H2. The quantitative estimate of drug-likeness (QED) is 0.686. The second-order valence-electron chi connectivity index (χ2n) is 3.60. The Morgan fingerprint density at radius 2 is 2.07 bits per heavy atom. The van der Waals surface area contributed by atoms with E-state index in [2.05, 4.69) is 10.9 Å². The van der Waals surface area contributed by atoms with E-state index in [1.807, 2.05) is 24.3 Å². The Morgan fingerprint density at radius 1 is 1.36 bits per heavy atom. The van der Waals surface area contributed by atoms with Crippen LogP contribution in [0.4, 0.5) is 0 Å². The molecule has 0 amide bonds. The molecule has 3 nitrogen and oxygen atoms in total. The third-order valence-corrected chi connectivity index (χ3v) is 2.83. The average molecular weight is 212 g/mol. The summed E-state index contributed by atoms with van der Waals surface area (Å²) in [6, 6.07) is 7.81. The van der Waals surface area contributed by atoms with Crippen LogP contribution < -0.4 is 16.6 Å². The highest BCUT2D eigenvalue weighted by molar-refractivity contribution is 6.30. The van der Waals surface area contributed by atoms with Crippen LogP contribution in [0.1, 0.15) is 11.6 Å². The van der Waals surface area contributed by atoms with Crippen LogP contribution in [-0.4, -0.2) is 13.1 Å². The van der Waals surface area contributed by atoms with Crippen LogP contribution in [0.15, 0.2) is 24.3 Å². The Bertz CT molecular complexity index is 310. The lowest BCUT2D eigenvalue weighted by molar-refractivity contribution is 0.491. The van der Waals surface area contributed by atoms with E-state index in [0.717, 1.165) is 23.7 Å². The molecular formula is C10H14ClN3. The monoisotopic (exact) mass is 211 g/mol. The molecular weight excluding hydrogens is 198 g/mol. The molecule has 0 aliphatic carbocycles. The molecule has 0 radical (unpaired) electrons. The number of hydrogen-bond donors (Lipinski definition) is 3. The Hall–Kier alpha value is -0.610. The molecule has 2 rings (SSSR count). The van der Waals surface area contributed by atoms with Crippen molar-refractivity contribution < 1.29 is 0 Å². The average Bonchev–Trinajstić information content (AvgIpc) is 2.69. The number of rotatable bonds is 2. The van der Waals surface area contributed by atoms with Crippen LogP contribution in [0, 0.1) is 5.92 Å². The summed E-state index contributed by atoms with van der Waals surface area (Å²) in [5.41, 5.74) is 13.4. The Morgan fingerprint density at radius 3 is 2.71 bits per heavy atom. The van der Waals surface area contributed by atoms with E-state index in [-0.39, 0.29) is 6.04 Å². The zero-order chi connectivity index (χ0) is 9.97. The van der Waals surface area contributed by atoms with Gasteiger partial charge in [0.15, 0.2) is 0 Å². The Balaban J connectivity index is 2.13. The summed E-state index contributed by atoms with van der Waals surface area (Å²) < 4.78 is 0.